The number of rotatable bonds is 3. The van der Waals surface area contributed by atoms with E-state index in [0.717, 1.165) is 16.0 Å². The van der Waals surface area contributed by atoms with Gasteiger partial charge < -0.3 is 4.90 Å². The molecule has 2 heterocycles. The lowest BCUT2D eigenvalue weighted by molar-refractivity contribution is -0.145. The number of hydrogen-bond donors (Lipinski definition) is 0. The summed E-state index contributed by atoms with van der Waals surface area (Å²) in [6.07, 6.45) is -7.47. The van der Waals surface area contributed by atoms with Crippen molar-refractivity contribution in [3.63, 3.8) is 0 Å². The molecule has 3 rings (SSSR count). The van der Waals surface area contributed by atoms with Gasteiger partial charge in [-0.3, -0.25) is 9.78 Å². The van der Waals surface area contributed by atoms with Crippen LogP contribution in [-0.4, -0.2) is 22.9 Å². The lowest BCUT2D eigenvalue weighted by Crippen LogP contribution is -2.29. The van der Waals surface area contributed by atoms with Crippen molar-refractivity contribution in [1.82, 2.24) is 9.97 Å². The van der Waals surface area contributed by atoms with Gasteiger partial charge in [-0.25, -0.2) is 4.98 Å². The Labute approximate surface area is 173 Å². The van der Waals surface area contributed by atoms with Crippen LogP contribution in [0.4, 0.5) is 32.0 Å². The van der Waals surface area contributed by atoms with Crippen molar-refractivity contribution < 1.29 is 31.1 Å². The van der Waals surface area contributed by atoms with Crippen molar-refractivity contribution in [2.24, 2.45) is 0 Å². The van der Waals surface area contributed by atoms with Gasteiger partial charge >= 0.3 is 12.4 Å². The number of aromatic nitrogens is 2. The molecule has 4 nitrogen and oxygen atoms in total. The third-order valence-electron chi connectivity index (χ3n) is 4.56. The van der Waals surface area contributed by atoms with Gasteiger partial charge in [0.15, 0.2) is 0 Å². The van der Waals surface area contributed by atoms with E-state index >= 15 is 0 Å². The standard InChI is InChI=1S/C21H15F6N3O/c1-12-5-3-4-6-14(12)15-7-8-28-11-17(15)30(2)19(31)16-9-13(20(22,23)24)10-18(29-16)21(25,26)27/h3-11H,1-2H3. The molecule has 0 aliphatic carbocycles. The Bertz CT molecular complexity index is 1090. The van der Waals surface area contributed by atoms with Crippen molar-refractivity contribution in [1.29, 1.82) is 0 Å². The maximum absolute atomic E-state index is 13.1. The van der Waals surface area contributed by atoms with Crippen LogP contribution in [0.5, 0.6) is 0 Å². The molecule has 0 radical (unpaired) electrons. The molecule has 2 aromatic heterocycles. The first-order chi connectivity index (χ1) is 14.4. The second-order valence-corrected chi connectivity index (χ2v) is 6.69. The fraction of sp³-hybridized carbons (Fsp3) is 0.190. The zero-order valence-electron chi connectivity index (χ0n) is 16.2. The van der Waals surface area contributed by atoms with Crippen LogP contribution in [0.3, 0.4) is 0 Å². The van der Waals surface area contributed by atoms with Crippen LogP contribution in [0.1, 0.15) is 27.3 Å². The molecule has 162 valence electrons. The van der Waals surface area contributed by atoms with Gasteiger partial charge in [0.05, 0.1) is 17.4 Å². The van der Waals surface area contributed by atoms with E-state index in [4.69, 9.17) is 0 Å². The molecule has 0 saturated carbocycles. The number of carbonyl (C=O) groups excluding carboxylic acids is 1. The van der Waals surface area contributed by atoms with Crippen molar-refractivity contribution >= 4 is 11.6 Å². The van der Waals surface area contributed by atoms with E-state index in [1.54, 1.807) is 24.3 Å². The van der Waals surface area contributed by atoms with Gasteiger partial charge in [0.2, 0.25) is 0 Å². The number of pyridine rings is 2. The fourth-order valence-corrected chi connectivity index (χ4v) is 2.99. The minimum absolute atomic E-state index is 0.125. The number of benzene rings is 1. The zero-order chi connectivity index (χ0) is 23.0. The highest BCUT2D eigenvalue weighted by Gasteiger charge is 2.39. The van der Waals surface area contributed by atoms with E-state index in [-0.39, 0.29) is 11.8 Å². The molecule has 0 aliphatic rings. The van der Waals surface area contributed by atoms with Gasteiger partial charge in [-0.05, 0) is 36.2 Å². The summed E-state index contributed by atoms with van der Waals surface area (Å²) < 4.78 is 78.6. The molecule has 0 bridgehead atoms. The Hall–Kier alpha value is -3.43. The first kappa shape index (κ1) is 22.3. The Kier molecular flexibility index (Phi) is 5.75. The molecule has 31 heavy (non-hydrogen) atoms. The molecule has 3 aromatic rings. The smallest absolute Gasteiger partial charge is 0.308 e. The van der Waals surface area contributed by atoms with Crippen LogP contribution in [0.15, 0.2) is 54.9 Å². The molecule has 0 unspecified atom stereocenters. The second kappa shape index (κ2) is 8.01. The predicted octanol–water partition coefficient (Wildman–Crippen LogP) is 5.77. The van der Waals surface area contributed by atoms with E-state index in [2.05, 4.69) is 9.97 Å². The largest absolute Gasteiger partial charge is 0.433 e. The minimum atomic E-state index is -5.16. The molecular weight excluding hydrogens is 424 g/mol. The fourth-order valence-electron chi connectivity index (χ4n) is 2.99. The van der Waals surface area contributed by atoms with E-state index < -0.39 is 35.2 Å². The van der Waals surface area contributed by atoms with Crippen molar-refractivity contribution in [2.75, 3.05) is 11.9 Å². The van der Waals surface area contributed by atoms with Crippen molar-refractivity contribution in [2.45, 2.75) is 19.3 Å². The SMILES string of the molecule is Cc1ccccc1-c1ccncc1N(C)C(=O)c1cc(C(F)(F)F)cc(C(F)(F)F)n1. The van der Waals surface area contributed by atoms with E-state index in [1.807, 2.05) is 13.0 Å². The number of anilines is 1. The second-order valence-electron chi connectivity index (χ2n) is 6.69. The van der Waals surface area contributed by atoms with E-state index in [9.17, 15) is 31.1 Å². The number of halogens is 6. The van der Waals surface area contributed by atoms with E-state index in [1.165, 1.54) is 19.4 Å². The average Bonchev–Trinajstić information content (AvgIpc) is 2.71. The summed E-state index contributed by atoms with van der Waals surface area (Å²) in [6.45, 7) is 1.82. The monoisotopic (exact) mass is 439 g/mol. The molecule has 10 heteroatoms. The Morgan fingerprint density at radius 3 is 2.23 bits per heavy atom. The van der Waals surface area contributed by atoms with Gasteiger partial charge in [-0.15, -0.1) is 0 Å². The third kappa shape index (κ3) is 4.68. The molecule has 1 aromatic carbocycles. The lowest BCUT2D eigenvalue weighted by Gasteiger charge is -2.22. The molecular formula is C21H15F6N3O. The molecule has 0 N–H and O–H groups in total. The number of hydrogen-bond acceptors (Lipinski definition) is 3. The highest BCUT2D eigenvalue weighted by atomic mass is 19.4. The Morgan fingerprint density at radius 1 is 0.935 bits per heavy atom. The van der Waals surface area contributed by atoms with Crippen LogP contribution in [0, 0.1) is 6.92 Å². The topological polar surface area (TPSA) is 46.1 Å². The number of carbonyl (C=O) groups is 1. The van der Waals surface area contributed by atoms with Gasteiger partial charge in [0, 0.05) is 18.8 Å². The van der Waals surface area contributed by atoms with Crippen LogP contribution in [-0.2, 0) is 12.4 Å². The number of nitrogens with zero attached hydrogens (tertiary/aromatic N) is 3. The summed E-state index contributed by atoms with van der Waals surface area (Å²) in [5.74, 6) is -1.14. The normalized spacial score (nSPS) is 12.0. The van der Waals surface area contributed by atoms with Crippen LogP contribution in [0.25, 0.3) is 11.1 Å². The predicted molar refractivity (Wildman–Crippen MR) is 101 cm³/mol. The highest BCUT2D eigenvalue weighted by Crippen LogP contribution is 2.36. The van der Waals surface area contributed by atoms with Gasteiger partial charge in [-0.1, -0.05) is 24.3 Å². The van der Waals surface area contributed by atoms with Gasteiger partial charge in [0.1, 0.15) is 11.4 Å². The molecule has 0 saturated heterocycles. The Morgan fingerprint density at radius 2 is 1.61 bits per heavy atom. The van der Waals surface area contributed by atoms with Crippen LogP contribution >= 0.6 is 0 Å². The first-order valence-corrected chi connectivity index (χ1v) is 8.84. The summed E-state index contributed by atoms with van der Waals surface area (Å²) in [7, 11) is 1.23. The summed E-state index contributed by atoms with van der Waals surface area (Å²) in [6, 6.07) is 8.94. The molecule has 0 fully saturated rings. The maximum atomic E-state index is 13.1. The summed E-state index contributed by atoms with van der Waals surface area (Å²) in [4.78, 5) is 20.9. The Balaban J connectivity index is 2.10. The number of amides is 1. The van der Waals surface area contributed by atoms with Crippen molar-refractivity contribution in [3.05, 3.63) is 77.4 Å². The van der Waals surface area contributed by atoms with Crippen LogP contribution < -0.4 is 4.90 Å². The quantitative estimate of drug-likeness (QED) is 0.487. The van der Waals surface area contributed by atoms with Gasteiger partial charge in [-0.2, -0.15) is 26.3 Å². The third-order valence-corrected chi connectivity index (χ3v) is 4.56. The maximum Gasteiger partial charge on any atom is 0.433 e. The average molecular weight is 439 g/mol. The number of alkyl halides is 6. The lowest BCUT2D eigenvalue weighted by atomic mass is 10.00. The summed E-state index contributed by atoms with van der Waals surface area (Å²) in [5.41, 5.74) is -2.08. The first-order valence-electron chi connectivity index (χ1n) is 8.84. The summed E-state index contributed by atoms with van der Waals surface area (Å²) >= 11 is 0. The highest BCUT2D eigenvalue weighted by molar-refractivity contribution is 6.06. The molecule has 1 amide bonds. The minimum Gasteiger partial charge on any atom is -0.308 e. The molecule has 0 spiro atoms. The molecule has 0 aliphatic heterocycles. The van der Waals surface area contributed by atoms with Gasteiger partial charge in [0.25, 0.3) is 5.91 Å². The molecule has 0 atom stereocenters. The number of aryl methyl sites for hydroxylation is 1. The van der Waals surface area contributed by atoms with E-state index in [0.29, 0.717) is 11.6 Å². The summed E-state index contributed by atoms with van der Waals surface area (Å²) in [5, 5.41) is 0. The zero-order valence-corrected chi connectivity index (χ0v) is 16.2. The van der Waals surface area contributed by atoms with Crippen molar-refractivity contribution in [3.8, 4) is 11.1 Å². The van der Waals surface area contributed by atoms with Crippen LogP contribution in [0.2, 0.25) is 0 Å².